The zero-order valence-electron chi connectivity index (χ0n) is 12.0. The third kappa shape index (κ3) is 2.50. The molecule has 1 aliphatic rings. The first-order chi connectivity index (χ1) is 10.1. The van der Waals surface area contributed by atoms with Gasteiger partial charge in [-0.3, -0.25) is 4.79 Å². The monoisotopic (exact) mass is 283 g/mol. The fourth-order valence-electron chi connectivity index (χ4n) is 2.52. The van der Waals surface area contributed by atoms with Crippen molar-refractivity contribution in [3.63, 3.8) is 0 Å². The van der Waals surface area contributed by atoms with Crippen LogP contribution >= 0.6 is 0 Å². The Morgan fingerprint density at radius 1 is 1.24 bits per heavy atom. The molecule has 21 heavy (non-hydrogen) atoms. The third-order valence-corrected chi connectivity index (χ3v) is 3.89. The van der Waals surface area contributed by atoms with E-state index in [-0.39, 0.29) is 12.5 Å². The van der Waals surface area contributed by atoms with Gasteiger partial charge in [-0.05, 0) is 48.2 Å². The first-order valence-corrected chi connectivity index (χ1v) is 6.87. The molecule has 108 valence electrons. The van der Waals surface area contributed by atoms with Gasteiger partial charge in [0.15, 0.2) is 6.61 Å². The number of hydrogen-bond acceptors (Lipinski definition) is 3. The molecule has 4 heteroatoms. The van der Waals surface area contributed by atoms with E-state index in [2.05, 4.69) is 5.32 Å². The number of carbonyl (C=O) groups excluding carboxylic acids is 1. The van der Waals surface area contributed by atoms with Gasteiger partial charge in [-0.15, -0.1) is 0 Å². The maximum absolute atomic E-state index is 11.4. The average Bonchev–Trinajstić information content (AvgIpc) is 2.48. The lowest BCUT2D eigenvalue weighted by Crippen LogP contribution is -2.25. The summed E-state index contributed by atoms with van der Waals surface area (Å²) in [6.45, 7) is 4.05. The van der Waals surface area contributed by atoms with Crippen LogP contribution in [0.15, 0.2) is 36.4 Å². The molecule has 2 aromatic rings. The van der Waals surface area contributed by atoms with Gasteiger partial charge in [0.05, 0.1) is 5.69 Å². The van der Waals surface area contributed by atoms with Crippen LogP contribution in [-0.4, -0.2) is 17.6 Å². The van der Waals surface area contributed by atoms with Crippen molar-refractivity contribution in [3.8, 4) is 5.75 Å². The molecule has 1 heterocycles. The van der Waals surface area contributed by atoms with Crippen LogP contribution in [0.5, 0.6) is 5.75 Å². The van der Waals surface area contributed by atoms with Crippen LogP contribution < -0.4 is 10.1 Å². The zero-order valence-corrected chi connectivity index (χ0v) is 12.0. The Morgan fingerprint density at radius 3 is 2.86 bits per heavy atom. The molecule has 1 atom stereocenters. The number of ether oxygens (including phenoxy) is 1. The molecule has 1 aliphatic heterocycles. The molecular weight excluding hydrogens is 266 g/mol. The Bertz CT molecular complexity index is 709. The summed E-state index contributed by atoms with van der Waals surface area (Å²) in [4.78, 5) is 11.4. The highest BCUT2D eigenvalue weighted by Gasteiger charge is 2.19. The van der Waals surface area contributed by atoms with Gasteiger partial charge >= 0.3 is 0 Å². The van der Waals surface area contributed by atoms with E-state index in [4.69, 9.17) is 4.74 Å². The van der Waals surface area contributed by atoms with Gasteiger partial charge in [-0.25, -0.2) is 0 Å². The number of hydrogen-bond donors (Lipinski definition) is 2. The molecule has 2 N–H and O–H groups in total. The van der Waals surface area contributed by atoms with Gasteiger partial charge in [-0.2, -0.15) is 0 Å². The molecule has 0 saturated carbocycles. The van der Waals surface area contributed by atoms with E-state index < -0.39 is 6.10 Å². The van der Waals surface area contributed by atoms with E-state index >= 15 is 0 Å². The van der Waals surface area contributed by atoms with E-state index in [9.17, 15) is 9.90 Å². The van der Waals surface area contributed by atoms with E-state index in [0.29, 0.717) is 11.4 Å². The van der Waals surface area contributed by atoms with Crippen LogP contribution in [0.1, 0.15) is 28.4 Å². The quantitative estimate of drug-likeness (QED) is 0.891. The summed E-state index contributed by atoms with van der Waals surface area (Å²) in [5, 5.41) is 13.4. The van der Waals surface area contributed by atoms with E-state index in [0.717, 1.165) is 22.3 Å². The Labute approximate surface area is 123 Å². The number of aliphatic hydroxyl groups excluding tert-OH is 1. The molecule has 0 fully saturated rings. The molecule has 1 unspecified atom stereocenters. The van der Waals surface area contributed by atoms with Crippen molar-refractivity contribution in [1.82, 2.24) is 0 Å². The van der Waals surface area contributed by atoms with Crippen molar-refractivity contribution in [2.75, 3.05) is 11.9 Å². The fraction of sp³-hybridized carbons (Fsp3) is 0.235. The van der Waals surface area contributed by atoms with Gasteiger partial charge < -0.3 is 15.2 Å². The molecule has 0 saturated heterocycles. The molecule has 1 amide bonds. The number of anilines is 1. The summed E-state index contributed by atoms with van der Waals surface area (Å²) >= 11 is 0. The standard InChI is InChI=1S/C17H17NO3/c1-10-4-3-5-13(11(10)2)17(20)12-6-7-15-14(8-12)18-16(19)9-21-15/h3-8,17,20H,9H2,1-2H3,(H,18,19). The number of amides is 1. The van der Waals surface area contributed by atoms with E-state index in [1.807, 2.05) is 38.1 Å². The van der Waals surface area contributed by atoms with Gasteiger partial charge in [0.25, 0.3) is 5.91 Å². The first kappa shape index (κ1) is 13.6. The molecule has 0 aliphatic carbocycles. The van der Waals surface area contributed by atoms with Crippen molar-refractivity contribution in [1.29, 1.82) is 0 Å². The topological polar surface area (TPSA) is 58.6 Å². The van der Waals surface area contributed by atoms with Crippen LogP contribution in [0.2, 0.25) is 0 Å². The summed E-state index contributed by atoms with van der Waals surface area (Å²) < 4.78 is 5.33. The molecule has 0 spiro atoms. The normalized spacial score (nSPS) is 14.9. The average molecular weight is 283 g/mol. The zero-order chi connectivity index (χ0) is 15.0. The van der Waals surface area contributed by atoms with Crippen LogP contribution in [0, 0.1) is 13.8 Å². The van der Waals surface area contributed by atoms with Crippen molar-refractivity contribution < 1.29 is 14.6 Å². The lowest BCUT2D eigenvalue weighted by atomic mass is 9.94. The maximum Gasteiger partial charge on any atom is 0.262 e. The Hall–Kier alpha value is -2.33. The number of fused-ring (bicyclic) bond motifs is 1. The van der Waals surface area contributed by atoms with E-state index in [1.165, 1.54) is 0 Å². The number of nitrogens with one attached hydrogen (secondary N) is 1. The second-order valence-corrected chi connectivity index (χ2v) is 5.28. The Kier molecular flexibility index (Phi) is 3.39. The van der Waals surface area contributed by atoms with Gasteiger partial charge in [0, 0.05) is 0 Å². The minimum atomic E-state index is -0.728. The van der Waals surface area contributed by atoms with Gasteiger partial charge in [0.1, 0.15) is 11.9 Å². The molecular formula is C17H17NO3. The largest absolute Gasteiger partial charge is 0.482 e. The molecule has 3 rings (SSSR count). The van der Waals surface area contributed by atoms with Crippen molar-refractivity contribution in [2.45, 2.75) is 20.0 Å². The third-order valence-electron chi connectivity index (χ3n) is 3.89. The molecule has 4 nitrogen and oxygen atoms in total. The Morgan fingerprint density at radius 2 is 2.05 bits per heavy atom. The smallest absolute Gasteiger partial charge is 0.262 e. The minimum Gasteiger partial charge on any atom is -0.482 e. The number of benzene rings is 2. The maximum atomic E-state index is 11.4. The Balaban J connectivity index is 1.98. The minimum absolute atomic E-state index is 0.0336. The highest BCUT2D eigenvalue weighted by molar-refractivity contribution is 5.95. The lowest BCUT2D eigenvalue weighted by Gasteiger charge is -2.21. The summed E-state index contributed by atoms with van der Waals surface area (Å²) in [6, 6.07) is 11.2. The van der Waals surface area contributed by atoms with Crippen LogP contribution in [0.4, 0.5) is 5.69 Å². The van der Waals surface area contributed by atoms with Crippen LogP contribution in [0.3, 0.4) is 0 Å². The van der Waals surface area contributed by atoms with Crippen molar-refractivity contribution in [3.05, 3.63) is 58.7 Å². The number of rotatable bonds is 2. The molecule has 0 radical (unpaired) electrons. The lowest BCUT2D eigenvalue weighted by molar-refractivity contribution is -0.118. The predicted octanol–water partition coefficient (Wildman–Crippen LogP) is 2.72. The summed E-state index contributed by atoms with van der Waals surface area (Å²) in [5.41, 5.74) is 4.42. The second-order valence-electron chi connectivity index (χ2n) is 5.28. The van der Waals surface area contributed by atoms with Crippen molar-refractivity contribution >= 4 is 11.6 Å². The SMILES string of the molecule is Cc1cccc(C(O)c2ccc3c(c2)NC(=O)CO3)c1C. The number of carbonyl (C=O) groups is 1. The second kappa shape index (κ2) is 5.22. The first-order valence-electron chi connectivity index (χ1n) is 6.87. The van der Waals surface area contributed by atoms with Crippen LogP contribution in [-0.2, 0) is 4.79 Å². The summed E-state index contributed by atoms with van der Waals surface area (Å²) in [7, 11) is 0. The molecule has 0 bridgehead atoms. The predicted molar refractivity (Wildman–Crippen MR) is 80.5 cm³/mol. The number of aryl methyl sites for hydroxylation is 1. The molecule has 0 aromatic heterocycles. The van der Waals surface area contributed by atoms with Crippen molar-refractivity contribution in [2.24, 2.45) is 0 Å². The van der Waals surface area contributed by atoms with E-state index in [1.54, 1.807) is 12.1 Å². The van der Waals surface area contributed by atoms with Crippen LogP contribution in [0.25, 0.3) is 0 Å². The fourth-order valence-corrected chi connectivity index (χ4v) is 2.52. The summed E-state index contributed by atoms with van der Waals surface area (Å²) in [5.74, 6) is 0.451. The highest BCUT2D eigenvalue weighted by Crippen LogP contribution is 2.33. The number of aliphatic hydroxyl groups is 1. The van der Waals surface area contributed by atoms with Gasteiger partial charge in [0.2, 0.25) is 0 Å². The molecule has 2 aromatic carbocycles. The van der Waals surface area contributed by atoms with Gasteiger partial charge in [-0.1, -0.05) is 24.3 Å². The summed E-state index contributed by atoms with van der Waals surface area (Å²) in [6.07, 6.45) is -0.728. The highest BCUT2D eigenvalue weighted by atomic mass is 16.5.